The first-order chi connectivity index (χ1) is 8.65. The van der Waals surface area contributed by atoms with Gasteiger partial charge in [-0.25, -0.2) is 4.79 Å². The second-order valence-corrected chi connectivity index (χ2v) is 3.41. The van der Waals surface area contributed by atoms with Crippen LogP contribution >= 0.6 is 0 Å². The van der Waals surface area contributed by atoms with Gasteiger partial charge in [0.2, 0.25) is 5.75 Å². The number of carbonyl (C=O) groups excluding carboxylic acids is 1. The van der Waals surface area contributed by atoms with Crippen molar-refractivity contribution in [2.24, 2.45) is 0 Å². The average molecular weight is 256 g/mol. The normalized spacial score (nSPS) is 9.94. The molecule has 0 aromatic heterocycles. The molecule has 0 saturated heterocycles. The zero-order valence-corrected chi connectivity index (χ0v) is 10.3. The van der Waals surface area contributed by atoms with E-state index in [2.05, 4.69) is 4.74 Å². The topological polar surface area (TPSA) is 85.2 Å². The maximum absolute atomic E-state index is 11.4. The van der Waals surface area contributed by atoms with Crippen molar-refractivity contribution in [3.05, 3.63) is 17.7 Å². The minimum atomic E-state index is -0.660. The summed E-state index contributed by atoms with van der Waals surface area (Å²) in [5.74, 6) is -0.620. The van der Waals surface area contributed by atoms with E-state index in [0.29, 0.717) is 12.2 Å². The number of hydrogen-bond donors (Lipinski definition) is 2. The molecule has 1 aromatic carbocycles. The molecule has 6 nitrogen and oxygen atoms in total. The van der Waals surface area contributed by atoms with Gasteiger partial charge in [0.25, 0.3) is 0 Å². The molecule has 0 unspecified atom stereocenters. The Morgan fingerprint density at radius 1 is 1.33 bits per heavy atom. The summed E-state index contributed by atoms with van der Waals surface area (Å²) in [6.07, 6.45) is 0.461. The van der Waals surface area contributed by atoms with Crippen molar-refractivity contribution in [3.63, 3.8) is 0 Å². The van der Waals surface area contributed by atoms with Gasteiger partial charge in [-0.05, 0) is 12.1 Å². The van der Waals surface area contributed by atoms with E-state index in [1.165, 1.54) is 26.4 Å². The van der Waals surface area contributed by atoms with Crippen LogP contribution in [0.15, 0.2) is 12.1 Å². The Labute approximate surface area is 105 Å². The highest BCUT2D eigenvalue weighted by atomic mass is 16.5. The van der Waals surface area contributed by atoms with Gasteiger partial charge in [-0.1, -0.05) is 0 Å². The zero-order valence-electron chi connectivity index (χ0n) is 10.3. The number of rotatable bonds is 6. The highest BCUT2D eigenvalue weighted by Gasteiger charge is 2.19. The molecule has 18 heavy (non-hydrogen) atoms. The van der Waals surface area contributed by atoms with Gasteiger partial charge in [0.15, 0.2) is 11.5 Å². The number of carbonyl (C=O) groups is 1. The van der Waals surface area contributed by atoms with Gasteiger partial charge in [0.1, 0.15) is 5.56 Å². The van der Waals surface area contributed by atoms with E-state index in [1.807, 2.05) is 0 Å². The second-order valence-electron chi connectivity index (χ2n) is 3.41. The molecule has 1 rings (SSSR count). The van der Waals surface area contributed by atoms with E-state index in [0.717, 1.165) is 0 Å². The first-order valence-corrected chi connectivity index (χ1v) is 5.37. The Morgan fingerprint density at radius 3 is 2.61 bits per heavy atom. The predicted octanol–water partition coefficient (Wildman–Crippen LogP) is 0.949. The van der Waals surface area contributed by atoms with Crippen LogP contribution in [0.4, 0.5) is 0 Å². The molecule has 0 radical (unpaired) electrons. The fourth-order valence-corrected chi connectivity index (χ4v) is 1.38. The van der Waals surface area contributed by atoms with Crippen molar-refractivity contribution in [1.82, 2.24) is 0 Å². The van der Waals surface area contributed by atoms with Gasteiger partial charge in [0, 0.05) is 13.0 Å². The van der Waals surface area contributed by atoms with Crippen LogP contribution in [0, 0.1) is 0 Å². The van der Waals surface area contributed by atoms with Crippen LogP contribution in [-0.4, -0.2) is 43.6 Å². The van der Waals surface area contributed by atoms with E-state index >= 15 is 0 Å². The maximum Gasteiger partial charge on any atom is 0.341 e. The summed E-state index contributed by atoms with van der Waals surface area (Å²) in [5.41, 5.74) is 0.00357. The molecule has 1 aromatic rings. The third-order valence-electron chi connectivity index (χ3n) is 2.26. The fourth-order valence-electron chi connectivity index (χ4n) is 1.38. The molecule has 0 amide bonds. The van der Waals surface area contributed by atoms with Crippen LogP contribution in [0.1, 0.15) is 16.8 Å². The Kier molecular flexibility index (Phi) is 5.26. The van der Waals surface area contributed by atoms with Gasteiger partial charge in [0.05, 0.1) is 20.8 Å². The lowest BCUT2D eigenvalue weighted by Crippen LogP contribution is -2.05. The number of ether oxygens (including phenoxy) is 3. The van der Waals surface area contributed by atoms with E-state index < -0.39 is 5.97 Å². The molecule has 0 aliphatic rings. The molecule has 0 spiro atoms. The standard InChI is InChI=1S/C12H16O6/c1-16-11-9(18-7-3-6-13)5-4-8(10(11)14)12(15)17-2/h4-5,13-14H,3,6-7H2,1-2H3. The van der Waals surface area contributed by atoms with Gasteiger partial charge in [-0.15, -0.1) is 0 Å². The summed E-state index contributed by atoms with van der Waals surface area (Å²) in [7, 11) is 2.58. The molecule has 6 heteroatoms. The van der Waals surface area contributed by atoms with Crippen LogP contribution in [0.2, 0.25) is 0 Å². The van der Waals surface area contributed by atoms with Crippen molar-refractivity contribution < 1.29 is 29.2 Å². The van der Waals surface area contributed by atoms with Crippen molar-refractivity contribution in [2.75, 3.05) is 27.4 Å². The summed E-state index contributed by atoms with van der Waals surface area (Å²) in [5, 5.41) is 18.5. The van der Waals surface area contributed by atoms with Gasteiger partial charge in [-0.3, -0.25) is 0 Å². The lowest BCUT2D eigenvalue weighted by molar-refractivity contribution is 0.0596. The number of methoxy groups -OCH3 is 2. The molecular weight excluding hydrogens is 240 g/mol. The number of benzene rings is 1. The monoisotopic (exact) mass is 256 g/mol. The number of phenols is 1. The molecule has 0 aliphatic carbocycles. The number of aliphatic hydroxyl groups excluding tert-OH is 1. The van der Waals surface area contributed by atoms with Crippen LogP contribution in [0.3, 0.4) is 0 Å². The first kappa shape index (κ1) is 14.1. The molecule has 100 valence electrons. The number of esters is 1. The molecule has 2 N–H and O–H groups in total. The van der Waals surface area contributed by atoms with Crippen molar-refractivity contribution in [2.45, 2.75) is 6.42 Å². The minimum Gasteiger partial charge on any atom is -0.504 e. The zero-order chi connectivity index (χ0) is 13.5. The average Bonchev–Trinajstić information content (AvgIpc) is 2.38. The minimum absolute atomic E-state index is 0.00357. The molecule has 0 atom stereocenters. The summed E-state index contributed by atoms with van der Waals surface area (Å²) in [6, 6.07) is 2.89. The van der Waals surface area contributed by atoms with Crippen LogP contribution in [0.25, 0.3) is 0 Å². The SMILES string of the molecule is COC(=O)c1ccc(OCCCO)c(OC)c1O. The largest absolute Gasteiger partial charge is 0.504 e. The highest BCUT2D eigenvalue weighted by molar-refractivity contribution is 5.93. The number of hydrogen-bond acceptors (Lipinski definition) is 6. The number of aromatic hydroxyl groups is 1. The molecular formula is C12H16O6. The molecule has 0 bridgehead atoms. The Morgan fingerprint density at radius 2 is 2.06 bits per heavy atom. The van der Waals surface area contributed by atoms with Gasteiger partial charge in [-0.2, -0.15) is 0 Å². The van der Waals surface area contributed by atoms with Crippen molar-refractivity contribution in [1.29, 1.82) is 0 Å². The summed E-state index contributed by atoms with van der Waals surface area (Å²) < 4.78 is 14.8. The lowest BCUT2D eigenvalue weighted by atomic mass is 10.1. The molecule has 0 fully saturated rings. The summed E-state index contributed by atoms with van der Waals surface area (Å²) in [6.45, 7) is 0.290. The molecule has 0 saturated carbocycles. The number of phenolic OH excluding ortho intramolecular Hbond substituents is 1. The smallest absolute Gasteiger partial charge is 0.341 e. The van der Waals surface area contributed by atoms with E-state index in [4.69, 9.17) is 14.6 Å². The van der Waals surface area contributed by atoms with Gasteiger partial charge >= 0.3 is 5.97 Å². The quantitative estimate of drug-likeness (QED) is 0.582. The summed E-state index contributed by atoms with van der Waals surface area (Å²) >= 11 is 0. The third kappa shape index (κ3) is 3.04. The van der Waals surface area contributed by atoms with Gasteiger partial charge < -0.3 is 24.4 Å². The summed E-state index contributed by atoms with van der Waals surface area (Å²) in [4.78, 5) is 11.4. The molecule has 0 heterocycles. The maximum atomic E-state index is 11.4. The van der Waals surface area contributed by atoms with Crippen LogP contribution in [-0.2, 0) is 4.74 Å². The van der Waals surface area contributed by atoms with E-state index in [1.54, 1.807) is 0 Å². The van der Waals surface area contributed by atoms with E-state index in [9.17, 15) is 9.90 Å². The fraction of sp³-hybridized carbons (Fsp3) is 0.417. The Balaban J connectivity index is 3.01. The Hall–Kier alpha value is -1.95. The van der Waals surface area contributed by atoms with Crippen molar-refractivity contribution >= 4 is 5.97 Å². The van der Waals surface area contributed by atoms with Crippen molar-refractivity contribution in [3.8, 4) is 17.2 Å². The number of aliphatic hydroxyl groups is 1. The second kappa shape index (κ2) is 6.70. The Bertz CT molecular complexity index is 415. The van der Waals surface area contributed by atoms with Crippen LogP contribution < -0.4 is 9.47 Å². The molecule has 0 aliphatic heterocycles. The van der Waals surface area contributed by atoms with E-state index in [-0.39, 0.29) is 30.3 Å². The lowest BCUT2D eigenvalue weighted by Gasteiger charge is -2.13. The highest BCUT2D eigenvalue weighted by Crippen LogP contribution is 2.39. The predicted molar refractivity (Wildman–Crippen MR) is 63.2 cm³/mol. The van der Waals surface area contributed by atoms with Crippen LogP contribution in [0.5, 0.6) is 17.2 Å². The first-order valence-electron chi connectivity index (χ1n) is 5.37. The third-order valence-corrected chi connectivity index (χ3v) is 2.26.